The van der Waals surface area contributed by atoms with Gasteiger partial charge in [-0.05, 0) is 42.5 Å². The summed E-state index contributed by atoms with van der Waals surface area (Å²) in [5.74, 6) is 0.165. The third-order valence-electron chi connectivity index (χ3n) is 4.08. The van der Waals surface area contributed by atoms with Gasteiger partial charge < -0.3 is 16.0 Å². The Hall–Kier alpha value is -1.30. The number of carbonyl (C=O) groups excluding carboxylic acids is 2. The Bertz CT molecular complexity index is 629. The van der Waals surface area contributed by atoms with Gasteiger partial charge in [-0.25, -0.2) is 0 Å². The third kappa shape index (κ3) is 6.17. The van der Waals surface area contributed by atoms with Crippen molar-refractivity contribution in [2.24, 2.45) is 17.1 Å². The highest BCUT2D eigenvalue weighted by Crippen LogP contribution is 2.26. The molecule has 140 valence electrons. The molecule has 0 aliphatic carbocycles. The van der Waals surface area contributed by atoms with E-state index in [1.54, 1.807) is 23.1 Å². The van der Waals surface area contributed by atoms with Crippen LogP contribution in [0.25, 0.3) is 0 Å². The fourth-order valence-corrected chi connectivity index (χ4v) is 3.03. The molecule has 1 heterocycles. The topological polar surface area (TPSA) is 75.4 Å². The second kappa shape index (κ2) is 8.88. The quantitative estimate of drug-likeness (QED) is 0.828. The van der Waals surface area contributed by atoms with Gasteiger partial charge in [-0.1, -0.05) is 32.4 Å². The Morgan fingerprint density at radius 3 is 2.60 bits per heavy atom. The lowest BCUT2D eigenvalue weighted by Crippen LogP contribution is -2.30. The molecule has 25 heavy (non-hydrogen) atoms. The van der Waals surface area contributed by atoms with Crippen molar-refractivity contribution in [3.63, 3.8) is 0 Å². The van der Waals surface area contributed by atoms with E-state index in [0.717, 1.165) is 6.42 Å². The zero-order chi connectivity index (χ0) is 17.9. The van der Waals surface area contributed by atoms with E-state index in [1.807, 2.05) is 20.8 Å². The van der Waals surface area contributed by atoms with Crippen LogP contribution in [0.1, 0.15) is 44.0 Å². The van der Waals surface area contributed by atoms with E-state index >= 15 is 0 Å². The minimum Gasteiger partial charge on any atom is -0.338 e. The highest BCUT2D eigenvalue weighted by atomic mass is 35.5. The molecule has 1 fully saturated rings. The predicted molar refractivity (Wildman–Crippen MR) is 104 cm³/mol. The van der Waals surface area contributed by atoms with E-state index in [0.29, 0.717) is 48.2 Å². The summed E-state index contributed by atoms with van der Waals surface area (Å²) in [5, 5.41) is 3.24. The first-order valence-corrected chi connectivity index (χ1v) is 8.66. The summed E-state index contributed by atoms with van der Waals surface area (Å²) in [6, 6.07) is 5.02. The number of hydrogen-bond donors (Lipinski definition) is 2. The molecule has 0 radical (unpaired) electrons. The van der Waals surface area contributed by atoms with Crippen molar-refractivity contribution in [2.45, 2.75) is 33.6 Å². The first kappa shape index (κ1) is 21.7. The molecule has 3 N–H and O–H groups in total. The summed E-state index contributed by atoms with van der Waals surface area (Å²) in [6.45, 7) is 7.95. The second-order valence-corrected chi connectivity index (χ2v) is 8.03. The molecular weight excluding hydrogens is 361 g/mol. The standard InChI is InChI=1S/C18H26ClN3O2.ClH/c1-18(2,3)9-16(23)21-13-4-5-15(19)14(8-13)17(24)22-7-6-12(10-20)11-22;/h4-5,8,12H,6-7,9-11,20H2,1-3H3,(H,21,23);1H. The number of nitrogens with zero attached hydrogens (tertiary/aromatic N) is 1. The van der Waals surface area contributed by atoms with Crippen LogP contribution in [-0.4, -0.2) is 36.3 Å². The lowest BCUT2D eigenvalue weighted by Gasteiger charge is -2.19. The van der Waals surface area contributed by atoms with Gasteiger partial charge in [-0.15, -0.1) is 12.4 Å². The van der Waals surface area contributed by atoms with Crippen LogP contribution in [-0.2, 0) is 4.79 Å². The minimum absolute atomic E-state index is 0. The summed E-state index contributed by atoms with van der Waals surface area (Å²) >= 11 is 6.20. The van der Waals surface area contributed by atoms with Gasteiger partial charge in [-0.2, -0.15) is 0 Å². The Kier molecular flexibility index (Phi) is 7.72. The number of hydrogen-bond acceptors (Lipinski definition) is 3. The molecule has 1 aromatic rings. The lowest BCUT2D eigenvalue weighted by atomic mass is 9.92. The molecule has 1 aromatic carbocycles. The number of benzene rings is 1. The van der Waals surface area contributed by atoms with Gasteiger partial charge in [0.2, 0.25) is 5.91 Å². The SMILES string of the molecule is CC(C)(C)CC(=O)Nc1ccc(Cl)c(C(=O)N2CCC(CN)C2)c1.Cl. The first-order chi connectivity index (χ1) is 11.2. The predicted octanol–water partition coefficient (Wildman–Crippen LogP) is 3.56. The number of amides is 2. The maximum Gasteiger partial charge on any atom is 0.255 e. The van der Waals surface area contributed by atoms with Crippen LogP contribution >= 0.6 is 24.0 Å². The summed E-state index contributed by atoms with van der Waals surface area (Å²) < 4.78 is 0. The molecule has 2 amide bonds. The molecule has 0 saturated carbocycles. The normalized spacial score (nSPS) is 17.2. The average molecular weight is 388 g/mol. The number of nitrogens with one attached hydrogen (secondary N) is 1. The smallest absolute Gasteiger partial charge is 0.255 e. The van der Waals surface area contributed by atoms with Gasteiger partial charge in [0, 0.05) is 25.2 Å². The summed E-state index contributed by atoms with van der Waals surface area (Å²) in [6.07, 6.45) is 1.32. The maximum atomic E-state index is 12.7. The highest BCUT2D eigenvalue weighted by molar-refractivity contribution is 6.34. The number of carbonyl (C=O) groups is 2. The maximum absolute atomic E-state index is 12.7. The summed E-state index contributed by atoms with van der Waals surface area (Å²) in [4.78, 5) is 26.5. The van der Waals surface area contributed by atoms with E-state index in [2.05, 4.69) is 5.32 Å². The number of rotatable bonds is 4. The number of likely N-dealkylation sites (tertiary alicyclic amines) is 1. The average Bonchev–Trinajstić information content (AvgIpc) is 2.95. The van der Waals surface area contributed by atoms with Crippen molar-refractivity contribution in [1.82, 2.24) is 4.90 Å². The van der Waals surface area contributed by atoms with E-state index in [1.165, 1.54) is 0 Å². The van der Waals surface area contributed by atoms with Crippen LogP contribution in [0.2, 0.25) is 5.02 Å². The van der Waals surface area contributed by atoms with Crippen molar-refractivity contribution >= 4 is 41.5 Å². The number of nitrogens with two attached hydrogens (primary N) is 1. The van der Waals surface area contributed by atoms with E-state index < -0.39 is 0 Å². The fraction of sp³-hybridized carbons (Fsp3) is 0.556. The van der Waals surface area contributed by atoms with Gasteiger partial charge in [0.25, 0.3) is 5.91 Å². The second-order valence-electron chi connectivity index (χ2n) is 7.62. The van der Waals surface area contributed by atoms with Crippen molar-refractivity contribution in [1.29, 1.82) is 0 Å². The molecule has 1 unspecified atom stereocenters. The fourth-order valence-electron chi connectivity index (χ4n) is 2.83. The van der Waals surface area contributed by atoms with Crippen LogP contribution in [0.15, 0.2) is 18.2 Å². The van der Waals surface area contributed by atoms with Crippen molar-refractivity contribution in [2.75, 3.05) is 25.0 Å². The van der Waals surface area contributed by atoms with Crippen LogP contribution in [0.4, 0.5) is 5.69 Å². The third-order valence-corrected chi connectivity index (χ3v) is 4.41. The van der Waals surface area contributed by atoms with Crippen molar-refractivity contribution in [3.8, 4) is 0 Å². The largest absolute Gasteiger partial charge is 0.338 e. The molecular formula is C18H27Cl2N3O2. The molecule has 1 aliphatic rings. The van der Waals surface area contributed by atoms with Crippen LogP contribution in [0.3, 0.4) is 0 Å². The van der Waals surface area contributed by atoms with Gasteiger partial charge in [0.05, 0.1) is 10.6 Å². The summed E-state index contributed by atoms with van der Waals surface area (Å²) in [7, 11) is 0. The Morgan fingerprint density at radius 2 is 2.04 bits per heavy atom. The Morgan fingerprint density at radius 1 is 1.36 bits per heavy atom. The molecule has 1 saturated heterocycles. The zero-order valence-corrected chi connectivity index (χ0v) is 16.5. The molecule has 0 aromatic heterocycles. The monoisotopic (exact) mass is 387 g/mol. The molecule has 7 heteroatoms. The minimum atomic E-state index is -0.108. The molecule has 2 rings (SSSR count). The van der Waals surface area contributed by atoms with Gasteiger partial charge in [0.15, 0.2) is 0 Å². The highest BCUT2D eigenvalue weighted by Gasteiger charge is 2.27. The zero-order valence-electron chi connectivity index (χ0n) is 15.0. The Labute approximate surface area is 160 Å². The lowest BCUT2D eigenvalue weighted by molar-refractivity contribution is -0.117. The van der Waals surface area contributed by atoms with E-state index in [9.17, 15) is 9.59 Å². The number of anilines is 1. The molecule has 1 aliphatic heterocycles. The molecule has 5 nitrogen and oxygen atoms in total. The molecule has 0 bridgehead atoms. The van der Waals surface area contributed by atoms with Gasteiger partial charge in [0.1, 0.15) is 0 Å². The molecule has 0 spiro atoms. The molecule has 1 atom stereocenters. The van der Waals surface area contributed by atoms with Gasteiger partial charge in [-0.3, -0.25) is 9.59 Å². The first-order valence-electron chi connectivity index (χ1n) is 8.28. The Balaban J connectivity index is 0.00000312. The van der Waals surface area contributed by atoms with Crippen LogP contribution in [0, 0.1) is 11.3 Å². The van der Waals surface area contributed by atoms with E-state index in [4.69, 9.17) is 17.3 Å². The van der Waals surface area contributed by atoms with Crippen LogP contribution in [0.5, 0.6) is 0 Å². The van der Waals surface area contributed by atoms with Gasteiger partial charge >= 0.3 is 0 Å². The van der Waals surface area contributed by atoms with Crippen molar-refractivity contribution in [3.05, 3.63) is 28.8 Å². The van der Waals surface area contributed by atoms with Crippen molar-refractivity contribution < 1.29 is 9.59 Å². The number of halogens is 2. The van der Waals surface area contributed by atoms with Crippen LogP contribution < -0.4 is 11.1 Å². The summed E-state index contributed by atoms with van der Waals surface area (Å²) in [5.41, 5.74) is 6.60. The van der Waals surface area contributed by atoms with E-state index in [-0.39, 0.29) is 29.6 Å².